The smallest absolute Gasteiger partial charge is 0.277 e. The van der Waals surface area contributed by atoms with Crippen molar-refractivity contribution in [2.24, 2.45) is 5.10 Å². The molecule has 1 N–H and O–H groups in total. The van der Waals surface area contributed by atoms with Crippen LogP contribution in [-0.4, -0.2) is 18.7 Å². The van der Waals surface area contributed by atoms with E-state index < -0.39 is 0 Å². The van der Waals surface area contributed by atoms with E-state index in [2.05, 4.69) is 26.5 Å². The molecule has 0 fully saturated rings. The summed E-state index contributed by atoms with van der Waals surface area (Å²) < 4.78 is 6.22. The lowest BCUT2D eigenvalue weighted by Crippen LogP contribution is -2.24. The maximum atomic E-state index is 11.7. The van der Waals surface area contributed by atoms with Gasteiger partial charge in [0.2, 0.25) is 0 Å². The number of hydrogen-bond donors (Lipinski definition) is 1. The zero-order valence-corrected chi connectivity index (χ0v) is 14.0. The second-order valence-corrected chi connectivity index (χ2v) is 5.60. The molecule has 23 heavy (non-hydrogen) atoms. The number of amides is 1. The number of ether oxygens (including phenoxy) is 1. The number of hydrazone groups is 1. The average Bonchev–Trinajstić information content (AvgIpc) is 2.54. The summed E-state index contributed by atoms with van der Waals surface area (Å²) in [5, 5.41) is 12.6. The van der Waals surface area contributed by atoms with Crippen molar-refractivity contribution in [2.75, 3.05) is 6.61 Å². The van der Waals surface area contributed by atoms with E-state index in [0.717, 1.165) is 15.6 Å². The predicted molar refractivity (Wildman–Crippen MR) is 91.3 cm³/mol. The van der Waals surface area contributed by atoms with Gasteiger partial charge in [-0.25, -0.2) is 5.43 Å². The number of nitriles is 1. The van der Waals surface area contributed by atoms with Crippen molar-refractivity contribution in [3.63, 3.8) is 0 Å². The van der Waals surface area contributed by atoms with E-state index in [0.29, 0.717) is 11.3 Å². The van der Waals surface area contributed by atoms with Crippen LogP contribution < -0.4 is 10.2 Å². The molecule has 0 saturated heterocycles. The largest absolute Gasteiger partial charge is 0.483 e. The van der Waals surface area contributed by atoms with Crippen LogP contribution in [0.25, 0.3) is 0 Å². The minimum absolute atomic E-state index is 0.133. The lowest BCUT2D eigenvalue weighted by atomic mass is 10.2. The van der Waals surface area contributed by atoms with E-state index in [-0.39, 0.29) is 12.5 Å². The molecule has 0 aliphatic heterocycles. The van der Waals surface area contributed by atoms with Gasteiger partial charge in [0.25, 0.3) is 5.91 Å². The lowest BCUT2D eigenvalue weighted by molar-refractivity contribution is -0.123. The fourth-order valence-electron chi connectivity index (χ4n) is 1.72. The van der Waals surface area contributed by atoms with Crippen molar-refractivity contribution in [1.82, 2.24) is 5.43 Å². The summed E-state index contributed by atoms with van der Waals surface area (Å²) in [4.78, 5) is 11.7. The van der Waals surface area contributed by atoms with Crippen LogP contribution in [0.4, 0.5) is 0 Å². The molecule has 5 nitrogen and oxygen atoms in total. The van der Waals surface area contributed by atoms with Gasteiger partial charge in [-0.05, 0) is 58.2 Å². The number of halogens is 1. The Hall–Kier alpha value is -2.65. The molecule has 0 aliphatic carbocycles. The van der Waals surface area contributed by atoms with Gasteiger partial charge >= 0.3 is 0 Å². The quantitative estimate of drug-likeness (QED) is 0.647. The molecule has 116 valence electrons. The molecule has 0 saturated carbocycles. The number of rotatable bonds is 5. The van der Waals surface area contributed by atoms with E-state index >= 15 is 0 Å². The topological polar surface area (TPSA) is 74.5 Å². The SMILES string of the molecule is Cc1ccc(OCC(=O)N/N=C/c2ccc(C#N)cc2)c(Br)c1. The number of carbonyl (C=O) groups excluding carboxylic acids is 1. The fourth-order valence-corrected chi connectivity index (χ4v) is 2.33. The molecule has 2 rings (SSSR count). The molecule has 1 amide bonds. The van der Waals surface area contributed by atoms with E-state index in [1.54, 1.807) is 30.3 Å². The van der Waals surface area contributed by atoms with Gasteiger partial charge in [-0.15, -0.1) is 0 Å². The molecule has 0 heterocycles. The molecule has 0 atom stereocenters. The summed E-state index contributed by atoms with van der Waals surface area (Å²) in [5.74, 6) is 0.240. The van der Waals surface area contributed by atoms with Crippen LogP contribution in [0, 0.1) is 18.3 Å². The predicted octanol–water partition coefficient (Wildman–Crippen LogP) is 3.16. The lowest BCUT2D eigenvalue weighted by Gasteiger charge is -2.07. The van der Waals surface area contributed by atoms with E-state index in [1.807, 2.05) is 25.1 Å². The molecular weight excluding hydrogens is 358 g/mol. The third-order valence-corrected chi connectivity index (χ3v) is 3.51. The summed E-state index contributed by atoms with van der Waals surface area (Å²) in [6.45, 7) is 1.84. The number of hydrogen-bond acceptors (Lipinski definition) is 4. The van der Waals surface area contributed by atoms with Crippen LogP contribution in [0.5, 0.6) is 5.75 Å². The van der Waals surface area contributed by atoms with E-state index in [4.69, 9.17) is 10.00 Å². The second kappa shape index (κ2) is 8.11. The summed E-state index contributed by atoms with van der Waals surface area (Å²) >= 11 is 3.38. The highest BCUT2D eigenvalue weighted by Crippen LogP contribution is 2.25. The van der Waals surface area contributed by atoms with Gasteiger partial charge in [-0.3, -0.25) is 4.79 Å². The summed E-state index contributed by atoms with van der Waals surface area (Å²) in [6.07, 6.45) is 1.50. The molecule has 0 bridgehead atoms. The van der Waals surface area contributed by atoms with Crippen molar-refractivity contribution in [3.8, 4) is 11.8 Å². The van der Waals surface area contributed by atoms with Crippen molar-refractivity contribution >= 4 is 28.1 Å². The van der Waals surface area contributed by atoms with Gasteiger partial charge in [0, 0.05) is 0 Å². The monoisotopic (exact) mass is 371 g/mol. The minimum atomic E-state index is -0.359. The average molecular weight is 372 g/mol. The van der Waals surface area contributed by atoms with Crippen LogP contribution in [0.1, 0.15) is 16.7 Å². The minimum Gasteiger partial charge on any atom is -0.483 e. The Bertz CT molecular complexity index is 764. The third-order valence-electron chi connectivity index (χ3n) is 2.89. The van der Waals surface area contributed by atoms with Gasteiger partial charge in [0.05, 0.1) is 22.3 Å². The first-order chi connectivity index (χ1) is 11.1. The number of aryl methyl sites for hydroxylation is 1. The van der Waals surface area contributed by atoms with Gasteiger partial charge in [-0.1, -0.05) is 18.2 Å². The normalized spacial score (nSPS) is 10.3. The highest BCUT2D eigenvalue weighted by atomic mass is 79.9. The summed E-state index contributed by atoms with van der Waals surface area (Å²) in [6, 6.07) is 14.5. The van der Waals surface area contributed by atoms with Crippen LogP contribution in [0.2, 0.25) is 0 Å². The number of nitrogens with zero attached hydrogens (tertiary/aromatic N) is 2. The second-order valence-electron chi connectivity index (χ2n) is 4.75. The first-order valence-corrected chi connectivity index (χ1v) is 7.59. The number of carbonyl (C=O) groups is 1. The Balaban J connectivity index is 1.82. The molecule has 0 aromatic heterocycles. The Kier molecular flexibility index (Phi) is 5.89. The van der Waals surface area contributed by atoms with Crippen molar-refractivity contribution in [2.45, 2.75) is 6.92 Å². The standard InChI is InChI=1S/C17H14BrN3O2/c1-12-2-7-16(15(18)8-12)23-11-17(22)21-20-10-14-5-3-13(9-19)4-6-14/h2-8,10H,11H2,1H3,(H,21,22)/b20-10+. The maximum Gasteiger partial charge on any atom is 0.277 e. The number of benzene rings is 2. The molecule has 0 aliphatic rings. The number of nitrogens with one attached hydrogen (secondary N) is 1. The molecule has 0 unspecified atom stereocenters. The van der Waals surface area contributed by atoms with Gasteiger partial charge in [0.15, 0.2) is 6.61 Å². The van der Waals surface area contributed by atoms with Crippen LogP contribution in [0.15, 0.2) is 52.0 Å². The summed E-state index contributed by atoms with van der Waals surface area (Å²) in [5.41, 5.74) is 4.84. The molecular formula is C17H14BrN3O2. The van der Waals surface area contributed by atoms with Gasteiger partial charge in [-0.2, -0.15) is 10.4 Å². The maximum absolute atomic E-state index is 11.7. The highest BCUT2D eigenvalue weighted by molar-refractivity contribution is 9.10. The molecule has 0 spiro atoms. The molecule has 6 heteroatoms. The van der Waals surface area contributed by atoms with Crippen molar-refractivity contribution in [1.29, 1.82) is 5.26 Å². The van der Waals surface area contributed by atoms with Gasteiger partial charge in [0.1, 0.15) is 5.75 Å². The van der Waals surface area contributed by atoms with Crippen LogP contribution in [-0.2, 0) is 4.79 Å². The van der Waals surface area contributed by atoms with E-state index in [9.17, 15) is 4.79 Å². The van der Waals surface area contributed by atoms with Gasteiger partial charge < -0.3 is 4.74 Å². The van der Waals surface area contributed by atoms with Crippen molar-refractivity contribution in [3.05, 3.63) is 63.6 Å². The fraction of sp³-hybridized carbons (Fsp3) is 0.118. The Morgan fingerprint density at radius 1 is 1.35 bits per heavy atom. The van der Waals surface area contributed by atoms with Crippen LogP contribution in [0.3, 0.4) is 0 Å². The summed E-state index contributed by atoms with van der Waals surface area (Å²) in [7, 11) is 0. The zero-order chi connectivity index (χ0) is 16.7. The Labute approximate surface area is 142 Å². The Morgan fingerprint density at radius 2 is 2.09 bits per heavy atom. The molecule has 2 aromatic carbocycles. The van der Waals surface area contributed by atoms with Crippen molar-refractivity contribution < 1.29 is 9.53 Å². The zero-order valence-electron chi connectivity index (χ0n) is 12.4. The first-order valence-electron chi connectivity index (χ1n) is 6.79. The molecule has 0 radical (unpaired) electrons. The first kappa shape index (κ1) is 16.7. The third kappa shape index (κ3) is 5.24. The van der Waals surface area contributed by atoms with E-state index in [1.165, 1.54) is 6.21 Å². The highest BCUT2D eigenvalue weighted by Gasteiger charge is 2.04. The molecule has 2 aromatic rings. The Morgan fingerprint density at radius 3 is 2.74 bits per heavy atom. The van der Waals surface area contributed by atoms with Crippen LogP contribution >= 0.6 is 15.9 Å².